The van der Waals surface area contributed by atoms with Gasteiger partial charge in [-0.15, -0.1) is 0 Å². The standard InChI is InChI=1S/C23H32N6S/c1-16(2)24-23(30)27-22-25-20(28-11-6-7-17(3)14-28)13-21(26-22)29-12-10-18-8-4-5-9-19(18)15-29/h4-5,8-9,13,16-17H,6-7,10-12,14-15H2,1-3H3,(H2,24,25,26,27,30). The van der Waals surface area contributed by atoms with Gasteiger partial charge in [-0.05, 0) is 62.4 Å². The van der Waals surface area contributed by atoms with Crippen molar-refractivity contribution in [2.75, 3.05) is 34.8 Å². The van der Waals surface area contributed by atoms with Gasteiger partial charge in [-0.1, -0.05) is 31.2 Å². The van der Waals surface area contributed by atoms with Gasteiger partial charge >= 0.3 is 0 Å². The van der Waals surface area contributed by atoms with E-state index in [0.717, 1.165) is 44.2 Å². The van der Waals surface area contributed by atoms with Crippen LogP contribution in [-0.2, 0) is 13.0 Å². The summed E-state index contributed by atoms with van der Waals surface area (Å²) in [6.45, 7) is 10.4. The summed E-state index contributed by atoms with van der Waals surface area (Å²) < 4.78 is 0. The van der Waals surface area contributed by atoms with E-state index in [0.29, 0.717) is 17.0 Å². The topological polar surface area (TPSA) is 56.3 Å². The SMILES string of the molecule is CC1CCCN(c2cc(N3CCc4ccccc4C3)nc(NC(=S)NC(C)C)n2)C1. The third-order valence-electron chi connectivity index (χ3n) is 5.78. The Balaban J connectivity index is 1.62. The molecule has 0 aliphatic carbocycles. The first-order chi connectivity index (χ1) is 14.5. The van der Waals surface area contributed by atoms with Crippen LogP contribution in [0.3, 0.4) is 0 Å². The van der Waals surface area contributed by atoms with Crippen molar-refractivity contribution in [3.8, 4) is 0 Å². The minimum absolute atomic E-state index is 0.259. The van der Waals surface area contributed by atoms with Gasteiger partial charge in [0.1, 0.15) is 11.6 Å². The lowest BCUT2D eigenvalue weighted by Crippen LogP contribution is -2.37. The second-order valence-electron chi connectivity index (χ2n) is 8.79. The number of hydrogen-bond acceptors (Lipinski definition) is 5. The van der Waals surface area contributed by atoms with Crippen LogP contribution in [-0.4, -0.2) is 40.8 Å². The van der Waals surface area contributed by atoms with Crippen LogP contribution in [0.25, 0.3) is 0 Å². The van der Waals surface area contributed by atoms with E-state index in [1.807, 2.05) is 0 Å². The first kappa shape index (κ1) is 20.8. The summed E-state index contributed by atoms with van der Waals surface area (Å²) >= 11 is 5.45. The fourth-order valence-corrected chi connectivity index (χ4v) is 4.62. The Morgan fingerprint density at radius 3 is 2.57 bits per heavy atom. The van der Waals surface area contributed by atoms with Gasteiger partial charge in [0.2, 0.25) is 5.95 Å². The summed E-state index contributed by atoms with van der Waals surface area (Å²) in [4.78, 5) is 14.4. The van der Waals surface area contributed by atoms with Gasteiger partial charge < -0.3 is 20.4 Å². The molecule has 7 heteroatoms. The lowest BCUT2D eigenvalue weighted by Gasteiger charge is -2.34. The molecule has 1 unspecified atom stereocenters. The van der Waals surface area contributed by atoms with Crippen LogP contribution in [0.2, 0.25) is 0 Å². The zero-order valence-corrected chi connectivity index (χ0v) is 19.0. The van der Waals surface area contributed by atoms with Crippen molar-refractivity contribution < 1.29 is 0 Å². The largest absolute Gasteiger partial charge is 0.360 e. The zero-order valence-electron chi connectivity index (χ0n) is 18.2. The fraction of sp³-hybridized carbons (Fsp3) is 0.522. The number of aromatic nitrogens is 2. The molecular formula is C23H32N6S. The third kappa shape index (κ3) is 5.01. The van der Waals surface area contributed by atoms with Crippen molar-refractivity contribution in [1.29, 1.82) is 0 Å². The summed E-state index contributed by atoms with van der Waals surface area (Å²) in [7, 11) is 0. The summed E-state index contributed by atoms with van der Waals surface area (Å²) in [5, 5.41) is 6.99. The Hall–Kier alpha value is -2.41. The molecule has 1 aromatic heterocycles. The van der Waals surface area contributed by atoms with Crippen molar-refractivity contribution in [2.45, 2.75) is 52.6 Å². The van der Waals surface area contributed by atoms with Crippen molar-refractivity contribution >= 4 is 34.9 Å². The molecule has 2 aliphatic rings. The molecule has 2 aliphatic heterocycles. The number of fused-ring (bicyclic) bond motifs is 1. The highest BCUT2D eigenvalue weighted by Crippen LogP contribution is 2.29. The van der Waals surface area contributed by atoms with Crippen LogP contribution in [0.15, 0.2) is 30.3 Å². The molecule has 2 aromatic rings. The molecule has 4 rings (SSSR count). The van der Waals surface area contributed by atoms with Gasteiger partial charge in [-0.2, -0.15) is 9.97 Å². The molecule has 0 radical (unpaired) electrons. The van der Waals surface area contributed by atoms with Gasteiger partial charge in [0.05, 0.1) is 0 Å². The van der Waals surface area contributed by atoms with Gasteiger partial charge in [-0.3, -0.25) is 0 Å². The number of piperidine rings is 1. The summed E-state index contributed by atoms with van der Waals surface area (Å²) in [5.74, 6) is 3.19. The number of rotatable bonds is 4. The molecule has 1 fully saturated rings. The molecule has 1 saturated heterocycles. The van der Waals surface area contributed by atoms with Crippen LogP contribution in [0.5, 0.6) is 0 Å². The second-order valence-corrected chi connectivity index (χ2v) is 9.20. The lowest BCUT2D eigenvalue weighted by molar-refractivity contribution is 0.444. The van der Waals surface area contributed by atoms with Crippen molar-refractivity contribution in [2.24, 2.45) is 5.92 Å². The summed E-state index contributed by atoms with van der Waals surface area (Å²) in [5.41, 5.74) is 2.82. The van der Waals surface area contributed by atoms with Crippen LogP contribution < -0.4 is 20.4 Å². The minimum Gasteiger partial charge on any atom is -0.360 e. The van der Waals surface area contributed by atoms with Crippen LogP contribution in [0.1, 0.15) is 44.7 Å². The molecule has 3 heterocycles. The first-order valence-electron chi connectivity index (χ1n) is 11.0. The second kappa shape index (κ2) is 9.16. The number of nitrogens with one attached hydrogen (secondary N) is 2. The quantitative estimate of drug-likeness (QED) is 0.720. The van der Waals surface area contributed by atoms with Crippen molar-refractivity contribution in [1.82, 2.24) is 15.3 Å². The Morgan fingerprint density at radius 2 is 1.83 bits per heavy atom. The van der Waals surface area contributed by atoms with Gasteiger partial charge in [0, 0.05) is 38.3 Å². The molecule has 160 valence electrons. The van der Waals surface area contributed by atoms with E-state index in [2.05, 4.69) is 71.5 Å². The summed E-state index contributed by atoms with van der Waals surface area (Å²) in [6.07, 6.45) is 3.52. The van der Waals surface area contributed by atoms with Crippen molar-refractivity contribution in [3.05, 3.63) is 41.5 Å². The number of nitrogens with zero attached hydrogens (tertiary/aromatic N) is 4. The van der Waals surface area contributed by atoms with Crippen molar-refractivity contribution in [3.63, 3.8) is 0 Å². The van der Waals surface area contributed by atoms with Crippen LogP contribution in [0.4, 0.5) is 17.6 Å². The predicted octanol–water partition coefficient (Wildman–Crippen LogP) is 3.97. The Labute approximate surface area is 185 Å². The maximum atomic E-state index is 5.45. The molecule has 1 atom stereocenters. The third-order valence-corrected chi connectivity index (χ3v) is 6.00. The first-order valence-corrected chi connectivity index (χ1v) is 11.4. The molecule has 0 saturated carbocycles. The maximum absolute atomic E-state index is 5.45. The van der Waals surface area contributed by atoms with E-state index in [4.69, 9.17) is 22.2 Å². The lowest BCUT2D eigenvalue weighted by atomic mass is 10.00. The molecule has 0 amide bonds. The molecular weight excluding hydrogens is 392 g/mol. The molecule has 1 aromatic carbocycles. The molecule has 6 nitrogen and oxygen atoms in total. The normalized spacial score (nSPS) is 18.9. The fourth-order valence-electron chi connectivity index (χ4n) is 4.29. The zero-order chi connectivity index (χ0) is 21.1. The van der Waals surface area contributed by atoms with E-state index < -0.39 is 0 Å². The van der Waals surface area contributed by atoms with Gasteiger partial charge in [-0.25, -0.2) is 0 Å². The average Bonchev–Trinajstić information content (AvgIpc) is 2.72. The van der Waals surface area contributed by atoms with E-state index in [9.17, 15) is 0 Å². The smallest absolute Gasteiger partial charge is 0.232 e. The average molecular weight is 425 g/mol. The Bertz CT molecular complexity index is 899. The maximum Gasteiger partial charge on any atom is 0.232 e. The number of hydrogen-bond donors (Lipinski definition) is 2. The van der Waals surface area contributed by atoms with E-state index in [-0.39, 0.29) is 6.04 Å². The van der Waals surface area contributed by atoms with Gasteiger partial charge in [0.15, 0.2) is 5.11 Å². The Kier molecular flexibility index (Phi) is 6.37. The number of thiocarbonyl (C=S) groups is 1. The highest BCUT2D eigenvalue weighted by atomic mass is 32.1. The van der Waals surface area contributed by atoms with E-state index >= 15 is 0 Å². The highest BCUT2D eigenvalue weighted by Gasteiger charge is 2.23. The molecule has 2 N–H and O–H groups in total. The van der Waals surface area contributed by atoms with Crippen LogP contribution >= 0.6 is 12.2 Å². The van der Waals surface area contributed by atoms with E-state index in [1.54, 1.807) is 0 Å². The van der Waals surface area contributed by atoms with Gasteiger partial charge in [0.25, 0.3) is 0 Å². The highest BCUT2D eigenvalue weighted by molar-refractivity contribution is 7.80. The number of benzene rings is 1. The molecule has 30 heavy (non-hydrogen) atoms. The van der Waals surface area contributed by atoms with E-state index in [1.165, 1.54) is 24.0 Å². The molecule has 0 spiro atoms. The molecule has 0 bridgehead atoms. The Morgan fingerprint density at radius 1 is 1.10 bits per heavy atom. The minimum atomic E-state index is 0.259. The summed E-state index contributed by atoms with van der Waals surface area (Å²) in [6, 6.07) is 11.1. The monoisotopic (exact) mass is 424 g/mol. The number of anilines is 3. The van der Waals surface area contributed by atoms with Crippen LogP contribution in [0, 0.1) is 5.92 Å². The predicted molar refractivity (Wildman–Crippen MR) is 128 cm³/mol.